The van der Waals surface area contributed by atoms with Crippen molar-refractivity contribution in [3.63, 3.8) is 0 Å². The monoisotopic (exact) mass is 472 g/mol. The molecular weight excluding hydrogens is 444 g/mol. The van der Waals surface area contributed by atoms with Crippen LogP contribution in [0.3, 0.4) is 0 Å². The Morgan fingerprint density at radius 1 is 0.939 bits per heavy atom. The van der Waals surface area contributed by atoms with E-state index in [0.29, 0.717) is 18.7 Å². The Morgan fingerprint density at radius 2 is 1.55 bits per heavy atom. The second-order valence-corrected chi connectivity index (χ2v) is 10.1. The zero-order valence-electron chi connectivity index (χ0n) is 19.3. The van der Waals surface area contributed by atoms with E-state index in [9.17, 15) is 22.8 Å². The standard InChI is InChI=1S/C24H28N2O6S/c1-16-12-17(2)23(18(3)13-16)22(28)15-32-24(29)20-6-5-7-21(14-20)33(30,31)26-10-8-25(9-11-26)19(4)27/h5-7,12-14H,8-11,15H2,1-4H3. The SMILES string of the molecule is CC(=O)N1CCN(S(=O)(=O)c2cccc(C(=O)OCC(=O)c3c(C)cc(C)cc3C)c2)CC1. The van der Waals surface area contributed by atoms with E-state index in [4.69, 9.17) is 4.74 Å². The molecule has 9 heteroatoms. The van der Waals surface area contributed by atoms with Crippen LogP contribution in [0.4, 0.5) is 0 Å². The summed E-state index contributed by atoms with van der Waals surface area (Å²) in [5, 5.41) is 0. The summed E-state index contributed by atoms with van der Waals surface area (Å²) in [4.78, 5) is 38.2. The lowest BCUT2D eigenvalue weighted by Crippen LogP contribution is -2.49. The van der Waals surface area contributed by atoms with Gasteiger partial charge in [0.2, 0.25) is 21.7 Å². The van der Waals surface area contributed by atoms with E-state index in [0.717, 1.165) is 16.7 Å². The molecule has 1 aliphatic rings. The number of esters is 1. The van der Waals surface area contributed by atoms with Crippen molar-refractivity contribution in [1.82, 2.24) is 9.21 Å². The number of ether oxygens (including phenoxy) is 1. The molecule has 0 aliphatic carbocycles. The summed E-state index contributed by atoms with van der Waals surface area (Å²) in [6, 6.07) is 9.36. The highest BCUT2D eigenvalue weighted by Gasteiger charge is 2.30. The lowest BCUT2D eigenvalue weighted by atomic mass is 9.97. The van der Waals surface area contributed by atoms with Crippen LogP contribution in [-0.2, 0) is 19.6 Å². The molecule has 0 unspecified atom stereocenters. The number of piperazine rings is 1. The second-order valence-electron chi connectivity index (χ2n) is 8.21. The minimum atomic E-state index is -3.84. The van der Waals surface area contributed by atoms with Crippen molar-refractivity contribution in [3.8, 4) is 0 Å². The van der Waals surface area contributed by atoms with Crippen molar-refractivity contribution in [2.45, 2.75) is 32.6 Å². The molecule has 0 aromatic heterocycles. The van der Waals surface area contributed by atoms with Gasteiger partial charge in [-0.1, -0.05) is 23.8 Å². The molecule has 0 radical (unpaired) electrons. The highest BCUT2D eigenvalue weighted by Crippen LogP contribution is 2.20. The van der Waals surface area contributed by atoms with Gasteiger partial charge in [-0.2, -0.15) is 4.31 Å². The van der Waals surface area contributed by atoms with Crippen molar-refractivity contribution in [2.75, 3.05) is 32.8 Å². The van der Waals surface area contributed by atoms with Crippen molar-refractivity contribution in [1.29, 1.82) is 0 Å². The van der Waals surface area contributed by atoms with Crippen LogP contribution >= 0.6 is 0 Å². The van der Waals surface area contributed by atoms with Crippen LogP contribution in [0.5, 0.6) is 0 Å². The van der Waals surface area contributed by atoms with Gasteiger partial charge < -0.3 is 9.64 Å². The first kappa shape index (κ1) is 24.6. The van der Waals surface area contributed by atoms with Gasteiger partial charge in [-0.25, -0.2) is 13.2 Å². The van der Waals surface area contributed by atoms with E-state index in [1.54, 1.807) is 4.90 Å². The first-order chi connectivity index (χ1) is 15.5. The van der Waals surface area contributed by atoms with E-state index in [1.165, 1.54) is 35.5 Å². The molecule has 1 heterocycles. The molecule has 1 amide bonds. The highest BCUT2D eigenvalue weighted by atomic mass is 32.2. The molecule has 3 rings (SSSR count). The number of benzene rings is 2. The summed E-state index contributed by atoms with van der Waals surface area (Å²) < 4.78 is 32.5. The molecule has 0 saturated carbocycles. The number of aryl methyl sites for hydroxylation is 3. The zero-order chi connectivity index (χ0) is 24.3. The van der Waals surface area contributed by atoms with Gasteiger partial charge in [-0.3, -0.25) is 9.59 Å². The first-order valence-corrected chi connectivity index (χ1v) is 12.1. The van der Waals surface area contributed by atoms with Gasteiger partial charge in [0.15, 0.2) is 6.61 Å². The fraction of sp³-hybridized carbons (Fsp3) is 0.375. The van der Waals surface area contributed by atoms with Crippen LogP contribution in [-0.4, -0.2) is 68.1 Å². The fourth-order valence-electron chi connectivity index (χ4n) is 4.08. The van der Waals surface area contributed by atoms with Crippen molar-refractivity contribution in [3.05, 3.63) is 64.2 Å². The number of amides is 1. The fourth-order valence-corrected chi connectivity index (χ4v) is 5.55. The third-order valence-electron chi connectivity index (χ3n) is 5.68. The van der Waals surface area contributed by atoms with Crippen molar-refractivity contribution in [2.24, 2.45) is 0 Å². The Morgan fingerprint density at radius 3 is 2.12 bits per heavy atom. The van der Waals surface area contributed by atoms with Crippen LogP contribution < -0.4 is 0 Å². The molecule has 176 valence electrons. The van der Waals surface area contributed by atoms with Gasteiger partial charge in [0, 0.05) is 38.7 Å². The Hall–Kier alpha value is -3.04. The molecule has 1 saturated heterocycles. The number of carbonyl (C=O) groups is 3. The number of rotatable bonds is 6. The number of carbonyl (C=O) groups excluding carboxylic acids is 3. The van der Waals surface area contributed by atoms with E-state index in [1.807, 2.05) is 32.9 Å². The maximum atomic E-state index is 13.0. The minimum absolute atomic E-state index is 0.0372. The molecule has 8 nitrogen and oxygen atoms in total. The van der Waals surface area contributed by atoms with Crippen molar-refractivity contribution >= 4 is 27.7 Å². The summed E-state index contributed by atoms with van der Waals surface area (Å²) >= 11 is 0. The molecule has 1 aliphatic heterocycles. The van der Waals surface area contributed by atoms with E-state index in [-0.39, 0.29) is 35.2 Å². The van der Waals surface area contributed by atoms with E-state index < -0.39 is 22.6 Å². The Balaban J connectivity index is 1.70. The van der Waals surface area contributed by atoms with Crippen LogP contribution in [0.15, 0.2) is 41.3 Å². The molecular formula is C24H28N2O6S. The lowest BCUT2D eigenvalue weighted by Gasteiger charge is -2.33. The minimum Gasteiger partial charge on any atom is -0.454 e. The second kappa shape index (κ2) is 9.84. The normalized spacial score (nSPS) is 14.7. The highest BCUT2D eigenvalue weighted by molar-refractivity contribution is 7.89. The van der Waals surface area contributed by atoms with Crippen LogP contribution in [0, 0.1) is 20.8 Å². The maximum Gasteiger partial charge on any atom is 0.338 e. The van der Waals surface area contributed by atoms with E-state index >= 15 is 0 Å². The summed E-state index contributed by atoms with van der Waals surface area (Å²) in [6.07, 6.45) is 0. The van der Waals surface area contributed by atoms with E-state index in [2.05, 4.69) is 0 Å². The van der Waals surface area contributed by atoms with Gasteiger partial charge in [-0.05, 0) is 50.1 Å². The lowest BCUT2D eigenvalue weighted by molar-refractivity contribution is -0.129. The maximum absolute atomic E-state index is 13.0. The number of sulfonamides is 1. The zero-order valence-corrected chi connectivity index (χ0v) is 20.1. The Bertz CT molecular complexity index is 1170. The molecule has 33 heavy (non-hydrogen) atoms. The van der Waals surface area contributed by atoms with Crippen molar-refractivity contribution < 1.29 is 27.5 Å². The number of hydrogen-bond acceptors (Lipinski definition) is 6. The smallest absolute Gasteiger partial charge is 0.338 e. The molecule has 1 fully saturated rings. The van der Waals surface area contributed by atoms with Gasteiger partial charge in [0.25, 0.3) is 0 Å². The molecule has 0 atom stereocenters. The molecule has 0 bridgehead atoms. The van der Waals surface area contributed by atoms with Gasteiger partial charge in [0.05, 0.1) is 10.5 Å². The Kier molecular flexibility index (Phi) is 7.34. The summed E-state index contributed by atoms with van der Waals surface area (Å²) in [5.41, 5.74) is 3.23. The van der Waals surface area contributed by atoms with Gasteiger partial charge in [0.1, 0.15) is 0 Å². The average Bonchev–Trinajstić information content (AvgIpc) is 2.77. The predicted octanol–water partition coefficient (Wildman–Crippen LogP) is 2.50. The topological polar surface area (TPSA) is 101 Å². The number of Topliss-reactive ketones (excluding diaryl/α,β-unsaturated/α-hetero) is 1. The third kappa shape index (κ3) is 5.48. The number of hydrogen-bond donors (Lipinski definition) is 0. The summed E-state index contributed by atoms with van der Waals surface area (Å²) in [7, 11) is -3.84. The molecule has 0 N–H and O–H groups in total. The molecule has 2 aromatic rings. The average molecular weight is 473 g/mol. The summed E-state index contributed by atoms with van der Waals surface area (Å²) in [5.74, 6) is -1.18. The Labute approximate surface area is 194 Å². The van der Waals surface area contributed by atoms with Crippen LogP contribution in [0.1, 0.15) is 44.3 Å². The van der Waals surface area contributed by atoms with Gasteiger partial charge >= 0.3 is 5.97 Å². The predicted molar refractivity (Wildman–Crippen MR) is 123 cm³/mol. The molecule has 2 aromatic carbocycles. The third-order valence-corrected chi connectivity index (χ3v) is 7.58. The van der Waals surface area contributed by atoms with Gasteiger partial charge in [-0.15, -0.1) is 0 Å². The molecule has 0 spiro atoms. The van der Waals surface area contributed by atoms with Crippen LogP contribution in [0.25, 0.3) is 0 Å². The first-order valence-electron chi connectivity index (χ1n) is 10.6. The quantitative estimate of drug-likeness (QED) is 0.473. The largest absolute Gasteiger partial charge is 0.454 e. The van der Waals surface area contributed by atoms with Crippen LogP contribution in [0.2, 0.25) is 0 Å². The number of ketones is 1. The number of nitrogens with zero attached hydrogens (tertiary/aromatic N) is 2. The summed E-state index contributed by atoms with van der Waals surface area (Å²) in [6.45, 7) is 7.62.